The molecule has 0 bridgehead atoms. The molecular formula is C23H25FN4O3. The molecule has 3 heterocycles. The number of benzene rings is 1. The highest BCUT2D eigenvalue weighted by Gasteiger charge is 2.39. The molecule has 8 heteroatoms. The average molecular weight is 424 g/mol. The summed E-state index contributed by atoms with van der Waals surface area (Å²) in [4.78, 5) is 46.9. The molecule has 7 nitrogen and oxygen atoms in total. The number of piperazine rings is 1. The van der Waals surface area contributed by atoms with Gasteiger partial charge in [0.2, 0.25) is 17.7 Å². The van der Waals surface area contributed by atoms with Gasteiger partial charge < -0.3 is 14.7 Å². The second kappa shape index (κ2) is 8.83. The fourth-order valence-electron chi connectivity index (χ4n) is 4.14. The van der Waals surface area contributed by atoms with Gasteiger partial charge in [0, 0.05) is 51.0 Å². The highest BCUT2D eigenvalue weighted by molar-refractivity contribution is 6.00. The van der Waals surface area contributed by atoms with Gasteiger partial charge in [-0.25, -0.2) is 4.39 Å². The molecule has 2 saturated heterocycles. The Labute approximate surface area is 180 Å². The zero-order valence-electron chi connectivity index (χ0n) is 17.5. The summed E-state index contributed by atoms with van der Waals surface area (Å²) < 4.78 is 14.3. The Hall–Kier alpha value is -3.29. The maximum Gasteiger partial charge on any atom is 0.228 e. The molecule has 1 aromatic heterocycles. The molecule has 0 radical (unpaired) electrons. The van der Waals surface area contributed by atoms with Gasteiger partial charge in [-0.1, -0.05) is 12.1 Å². The molecule has 1 unspecified atom stereocenters. The Kier molecular flexibility index (Phi) is 5.97. The predicted molar refractivity (Wildman–Crippen MR) is 113 cm³/mol. The highest BCUT2D eigenvalue weighted by Crippen LogP contribution is 2.29. The number of rotatable bonds is 4. The number of hydrogen-bond donors (Lipinski definition) is 0. The van der Waals surface area contributed by atoms with Crippen LogP contribution in [0.3, 0.4) is 0 Å². The van der Waals surface area contributed by atoms with Crippen molar-refractivity contribution in [3.63, 3.8) is 0 Å². The monoisotopic (exact) mass is 424 g/mol. The number of nitrogens with zero attached hydrogens (tertiary/aromatic N) is 4. The first kappa shape index (κ1) is 21.0. The van der Waals surface area contributed by atoms with E-state index in [1.165, 1.54) is 11.0 Å². The van der Waals surface area contributed by atoms with Gasteiger partial charge in [0.1, 0.15) is 5.82 Å². The van der Waals surface area contributed by atoms with Crippen molar-refractivity contribution < 1.29 is 18.8 Å². The number of pyridine rings is 1. The Balaban J connectivity index is 1.32. The number of carbonyl (C=O) groups excluding carboxylic acids is 3. The Morgan fingerprint density at radius 2 is 1.84 bits per heavy atom. The van der Waals surface area contributed by atoms with E-state index < -0.39 is 11.7 Å². The zero-order valence-corrected chi connectivity index (χ0v) is 17.5. The first-order valence-electron chi connectivity index (χ1n) is 10.5. The molecule has 162 valence electrons. The van der Waals surface area contributed by atoms with Gasteiger partial charge in [-0.05, 0) is 36.8 Å². The number of hydrogen-bond acceptors (Lipinski definition) is 4. The summed E-state index contributed by atoms with van der Waals surface area (Å²) in [5.41, 5.74) is 1.71. The van der Waals surface area contributed by atoms with Crippen molar-refractivity contribution in [2.45, 2.75) is 19.8 Å². The summed E-state index contributed by atoms with van der Waals surface area (Å²) in [6, 6.07) is 10.2. The lowest BCUT2D eigenvalue weighted by Gasteiger charge is -2.36. The summed E-state index contributed by atoms with van der Waals surface area (Å²) in [6.07, 6.45) is 1.97. The van der Waals surface area contributed by atoms with Crippen molar-refractivity contribution in [3.05, 3.63) is 59.7 Å². The van der Waals surface area contributed by atoms with Crippen molar-refractivity contribution in [1.82, 2.24) is 14.8 Å². The van der Waals surface area contributed by atoms with Crippen molar-refractivity contribution >= 4 is 23.4 Å². The fourth-order valence-corrected chi connectivity index (χ4v) is 4.14. The summed E-state index contributed by atoms with van der Waals surface area (Å²) in [6.45, 7) is 3.72. The molecule has 31 heavy (non-hydrogen) atoms. The van der Waals surface area contributed by atoms with Crippen molar-refractivity contribution in [1.29, 1.82) is 0 Å². The van der Waals surface area contributed by atoms with E-state index in [0.717, 1.165) is 11.3 Å². The first-order valence-corrected chi connectivity index (χ1v) is 10.5. The highest BCUT2D eigenvalue weighted by atomic mass is 19.1. The second-order valence-corrected chi connectivity index (χ2v) is 8.06. The van der Waals surface area contributed by atoms with Crippen molar-refractivity contribution in [2.75, 3.05) is 37.6 Å². The molecule has 3 amide bonds. The standard InChI is InChI=1S/C23H25FN4O3/c1-16-5-6-20(19(24)12-16)28-15-17(13-22(28)30)23(31)27-10-8-26(9-11-27)21(29)14-18-4-2-3-7-25-18/h2-7,12,17H,8-11,13-15H2,1H3. The van der Waals surface area contributed by atoms with Gasteiger partial charge in [0.05, 0.1) is 18.0 Å². The lowest BCUT2D eigenvalue weighted by atomic mass is 10.1. The predicted octanol–water partition coefficient (Wildman–Crippen LogP) is 1.80. The van der Waals surface area contributed by atoms with Crippen LogP contribution in [-0.2, 0) is 20.8 Å². The van der Waals surface area contributed by atoms with Crippen LogP contribution in [0.1, 0.15) is 17.7 Å². The van der Waals surface area contributed by atoms with Crippen LogP contribution in [0.5, 0.6) is 0 Å². The van der Waals surface area contributed by atoms with E-state index >= 15 is 0 Å². The molecule has 1 atom stereocenters. The van der Waals surface area contributed by atoms with E-state index in [-0.39, 0.29) is 42.8 Å². The smallest absolute Gasteiger partial charge is 0.228 e. The van der Waals surface area contributed by atoms with Crippen LogP contribution >= 0.6 is 0 Å². The van der Waals surface area contributed by atoms with E-state index in [9.17, 15) is 18.8 Å². The maximum absolute atomic E-state index is 14.3. The third kappa shape index (κ3) is 4.57. The van der Waals surface area contributed by atoms with Crippen LogP contribution in [0.4, 0.5) is 10.1 Å². The van der Waals surface area contributed by atoms with Crippen LogP contribution < -0.4 is 4.90 Å². The van der Waals surface area contributed by atoms with Gasteiger partial charge in [0.15, 0.2) is 0 Å². The normalized spacial score (nSPS) is 19.1. The number of aryl methyl sites for hydroxylation is 1. The minimum atomic E-state index is -0.496. The number of amides is 3. The third-order valence-electron chi connectivity index (χ3n) is 5.87. The van der Waals surface area contributed by atoms with Crippen molar-refractivity contribution in [2.24, 2.45) is 5.92 Å². The van der Waals surface area contributed by atoms with E-state index in [0.29, 0.717) is 26.2 Å². The average Bonchev–Trinajstić information content (AvgIpc) is 3.15. The minimum absolute atomic E-state index is 0.0112. The summed E-state index contributed by atoms with van der Waals surface area (Å²) in [5.74, 6) is -1.32. The van der Waals surface area contributed by atoms with Gasteiger partial charge in [0.25, 0.3) is 0 Å². The molecule has 0 spiro atoms. The zero-order chi connectivity index (χ0) is 22.0. The summed E-state index contributed by atoms with van der Waals surface area (Å²) >= 11 is 0. The molecule has 4 rings (SSSR count). The molecule has 2 fully saturated rings. The van der Waals surface area contributed by atoms with Gasteiger partial charge in [-0.3, -0.25) is 19.4 Å². The maximum atomic E-state index is 14.3. The van der Waals surface area contributed by atoms with E-state index in [1.807, 2.05) is 12.1 Å². The quantitative estimate of drug-likeness (QED) is 0.750. The Morgan fingerprint density at radius 1 is 1.10 bits per heavy atom. The largest absolute Gasteiger partial charge is 0.339 e. The van der Waals surface area contributed by atoms with Gasteiger partial charge >= 0.3 is 0 Å². The molecule has 0 N–H and O–H groups in total. The molecular weight excluding hydrogens is 399 g/mol. The second-order valence-electron chi connectivity index (χ2n) is 8.06. The lowest BCUT2D eigenvalue weighted by Crippen LogP contribution is -2.52. The van der Waals surface area contributed by atoms with E-state index in [4.69, 9.17) is 0 Å². The topological polar surface area (TPSA) is 73.8 Å². The summed E-state index contributed by atoms with van der Waals surface area (Å²) in [5, 5.41) is 0. The van der Waals surface area contributed by atoms with Crippen LogP contribution in [-0.4, -0.2) is 65.2 Å². The number of halogens is 1. The third-order valence-corrected chi connectivity index (χ3v) is 5.87. The Bertz CT molecular complexity index is 990. The van der Waals surface area contributed by atoms with Crippen LogP contribution in [0.15, 0.2) is 42.6 Å². The van der Waals surface area contributed by atoms with Crippen molar-refractivity contribution in [3.8, 4) is 0 Å². The summed E-state index contributed by atoms with van der Waals surface area (Å²) in [7, 11) is 0. The van der Waals surface area contributed by atoms with Crippen LogP contribution in [0.2, 0.25) is 0 Å². The van der Waals surface area contributed by atoms with Gasteiger partial charge in [-0.15, -0.1) is 0 Å². The van der Waals surface area contributed by atoms with E-state index in [2.05, 4.69) is 4.98 Å². The molecule has 2 aliphatic rings. The first-order chi connectivity index (χ1) is 14.9. The Morgan fingerprint density at radius 3 is 2.52 bits per heavy atom. The van der Waals surface area contributed by atoms with E-state index in [1.54, 1.807) is 41.1 Å². The number of anilines is 1. The molecule has 2 aliphatic heterocycles. The lowest BCUT2D eigenvalue weighted by molar-refractivity contribution is -0.141. The molecule has 0 aliphatic carbocycles. The molecule has 0 saturated carbocycles. The van der Waals surface area contributed by atoms with Crippen LogP contribution in [0, 0.1) is 18.7 Å². The van der Waals surface area contributed by atoms with Gasteiger partial charge in [-0.2, -0.15) is 0 Å². The molecule has 1 aromatic carbocycles. The minimum Gasteiger partial charge on any atom is -0.339 e. The SMILES string of the molecule is Cc1ccc(N2CC(C(=O)N3CCN(C(=O)Cc4ccccn4)CC3)CC2=O)c(F)c1. The fraction of sp³-hybridized carbons (Fsp3) is 0.391. The van der Waals surface area contributed by atoms with Crippen LogP contribution in [0.25, 0.3) is 0 Å². The number of carbonyl (C=O) groups is 3. The molecule has 2 aromatic rings. The number of aromatic nitrogens is 1.